The number of aliphatic hydroxyl groups excluding tert-OH is 1. The minimum absolute atomic E-state index is 0.0469. The summed E-state index contributed by atoms with van der Waals surface area (Å²) in [6.07, 6.45) is 1.68. The smallest absolute Gasteiger partial charge is 0.225 e. The molecule has 0 aliphatic heterocycles. The van der Waals surface area contributed by atoms with Crippen LogP contribution in [0.3, 0.4) is 0 Å². The van der Waals surface area contributed by atoms with E-state index >= 15 is 0 Å². The van der Waals surface area contributed by atoms with E-state index in [1.54, 1.807) is 24.4 Å². The first-order valence-electron chi connectivity index (χ1n) is 7.98. The zero-order valence-electron chi connectivity index (χ0n) is 14.0. The molecule has 1 atom stereocenters. The second kappa shape index (κ2) is 7.99. The molecular weight excluding hydrogens is 354 g/mol. The lowest BCUT2D eigenvalue weighted by atomic mass is 10.2. The van der Waals surface area contributed by atoms with E-state index in [2.05, 4.69) is 25.6 Å². The Labute approximate surface area is 155 Å². The zero-order chi connectivity index (χ0) is 18.5. The molecule has 0 radical (unpaired) electrons. The number of phenols is 1. The van der Waals surface area contributed by atoms with Crippen LogP contribution in [0.4, 0.5) is 17.5 Å². The van der Waals surface area contributed by atoms with Gasteiger partial charge in [0.25, 0.3) is 0 Å². The van der Waals surface area contributed by atoms with Gasteiger partial charge in [-0.15, -0.1) is 0 Å². The Bertz CT molecular complexity index is 892. The van der Waals surface area contributed by atoms with Gasteiger partial charge in [0.05, 0.1) is 23.7 Å². The van der Waals surface area contributed by atoms with Crippen LogP contribution in [0.25, 0.3) is 11.4 Å². The number of aromatic hydroxyl groups is 1. The Morgan fingerprint density at radius 1 is 1.12 bits per heavy atom. The highest BCUT2D eigenvalue weighted by Crippen LogP contribution is 2.30. The molecule has 7 nitrogen and oxygen atoms in total. The van der Waals surface area contributed by atoms with Crippen LogP contribution >= 0.6 is 11.6 Å². The molecule has 0 saturated carbocycles. The SMILES string of the molecule is C[C@H](CO)Nc1nc(Nc2cc(Cl)ccc2O)cc(-c2ccccn2)n1. The van der Waals surface area contributed by atoms with Crippen molar-refractivity contribution >= 4 is 29.1 Å². The minimum atomic E-state index is -0.221. The summed E-state index contributed by atoms with van der Waals surface area (Å²) in [5, 5.41) is 25.8. The van der Waals surface area contributed by atoms with Crippen molar-refractivity contribution in [3.05, 3.63) is 53.7 Å². The van der Waals surface area contributed by atoms with Gasteiger partial charge in [-0.2, -0.15) is 4.98 Å². The molecule has 0 saturated heterocycles. The fraction of sp³-hybridized carbons (Fsp3) is 0.167. The second-order valence-electron chi connectivity index (χ2n) is 5.69. The number of aromatic nitrogens is 3. The van der Waals surface area contributed by atoms with Crippen molar-refractivity contribution in [3.63, 3.8) is 0 Å². The molecule has 0 spiro atoms. The number of benzene rings is 1. The molecule has 8 heteroatoms. The van der Waals surface area contributed by atoms with Crippen LogP contribution in [0, 0.1) is 0 Å². The maximum absolute atomic E-state index is 10.0. The van der Waals surface area contributed by atoms with Crippen molar-refractivity contribution < 1.29 is 10.2 Å². The third-order valence-electron chi connectivity index (χ3n) is 3.52. The van der Waals surface area contributed by atoms with Gasteiger partial charge >= 0.3 is 0 Å². The highest BCUT2D eigenvalue weighted by Gasteiger charge is 2.11. The van der Waals surface area contributed by atoms with Crippen LogP contribution in [0.15, 0.2) is 48.7 Å². The van der Waals surface area contributed by atoms with Gasteiger partial charge in [0, 0.05) is 23.3 Å². The maximum Gasteiger partial charge on any atom is 0.225 e. The lowest BCUT2D eigenvalue weighted by molar-refractivity contribution is 0.281. The van der Waals surface area contributed by atoms with E-state index in [0.29, 0.717) is 33.9 Å². The largest absolute Gasteiger partial charge is 0.506 e. The predicted octanol–water partition coefficient (Wildman–Crippen LogP) is 3.43. The molecule has 134 valence electrons. The molecule has 1 aromatic carbocycles. The number of pyridine rings is 1. The molecule has 0 bridgehead atoms. The van der Waals surface area contributed by atoms with E-state index in [0.717, 1.165) is 0 Å². The van der Waals surface area contributed by atoms with Crippen molar-refractivity contribution in [2.24, 2.45) is 0 Å². The Balaban J connectivity index is 2.00. The fourth-order valence-corrected chi connectivity index (χ4v) is 2.41. The summed E-state index contributed by atoms with van der Waals surface area (Å²) in [6.45, 7) is 1.75. The summed E-state index contributed by atoms with van der Waals surface area (Å²) < 4.78 is 0. The lowest BCUT2D eigenvalue weighted by Gasteiger charge is -2.14. The molecule has 0 aliphatic carbocycles. The van der Waals surface area contributed by atoms with Crippen LogP contribution < -0.4 is 10.6 Å². The molecule has 0 aliphatic rings. The summed E-state index contributed by atoms with van der Waals surface area (Å²) in [4.78, 5) is 13.1. The van der Waals surface area contributed by atoms with Crippen molar-refractivity contribution in [3.8, 4) is 17.1 Å². The van der Waals surface area contributed by atoms with Crippen LogP contribution in [-0.4, -0.2) is 37.8 Å². The maximum atomic E-state index is 10.0. The Morgan fingerprint density at radius 2 is 1.96 bits per heavy atom. The van der Waals surface area contributed by atoms with Gasteiger partial charge in [-0.25, -0.2) is 4.98 Å². The molecule has 4 N–H and O–H groups in total. The standard InChI is InChI=1S/C18H18ClN5O2/c1-11(10-25)21-18-23-14(13-4-2-3-7-20-13)9-17(24-18)22-15-8-12(19)5-6-16(15)26/h2-9,11,25-26H,10H2,1H3,(H2,21,22,23,24)/t11-/m1/s1. The third kappa shape index (κ3) is 4.38. The number of aliphatic hydroxyl groups is 1. The number of halogens is 1. The Morgan fingerprint density at radius 3 is 2.69 bits per heavy atom. The number of hydrogen-bond acceptors (Lipinski definition) is 7. The molecule has 0 unspecified atom stereocenters. The van der Waals surface area contributed by atoms with Crippen molar-refractivity contribution in [2.75, 3.05) is 17.2 Å². The molecule has 2 aromatic heterocycles. The molecule has 3 rings (SSSR count). The van der Waals surface area contributed by atoms with Crippen LogP contribution in [0.2, 0.25) is 5.02 Å². The van der Waals surface area contributed by atoms with E-state index in [1.807, 2.05) is 25.1 Å². The first-order valence-corrected chi connectivity index (χ1v) is 8.36. The molecule has 0 amide bonds. The summed E-state index contributed by atoms with van der Waals surface area (Å²) >= 11 is 6.00. The van der Waals surface area contributed by atoms with Crippen molar-refractivity contribution in [2.45, 2.75) is 13.0 Å². The number of rotatable bonds is 6. The third-order valence-corrected chi connectivity index (χ3v) is 3.76. The monoisotopic (exact) mass is 371 g/mol. The average Bonchev–Trinajstić information content (AvgIpc) is 2.65. The Hall–Kier alpha value is -2.90. The molecule has 0 fully saturated rings. The number of hydrogen-bond donors (Lipinski definition) is 4. The quantitative estimate of drug-likeness (QED) is 0.492. The summed E-state index contributed by atoms with van der Waals surface area (Å²) in [6, 6.07) is 11.7. The van der Waals surface area contributed by atoms with Crippen molar-refractivity contribution in [1.29, 1.82) is 0 Å². The predicted molar refractivity (Wildman–Crippen MR) is 102 cm³/mol. The number of phenolic OH excluding ortho intramolecular Hbond substituents is 1. The van der Waals surface area contributed by atoms with E-state index in [-0.39, 0.29) is 18.4 Å². The summed E-state index contributed by atoms with van der Waals surface area (Å²) in [5.74, 6) is 0.829. The van der Waals surface area contributed by atoms with Crippen LogP contribution in [-0.2, 0) is 0 Å². The summed E-state index contributed by atoms with van der Waals surface area (Å²) in [7, 11) is 0. The van der Waals surface area contributed by atoms with Gasteiger partial charge in [0.15, 0.2) is 0 Å². The van der Waals surface area contributed by atoms with Gasteiger partial charge < -0.3 is 20.8 Å². The highest BCUT2D eigenvalue weighted by molar-refractivity contribution is 6.30. The Kier molecular flexibility index (Phi) is 5.50. The van der Waals surface area contributed by atoms with E-state index in [4.69, 9.17) is 11.6 Å². The van der Waals surface area contributed by atoms with Gasteiger partial charge in [-0.1, -0.05) is 17.7 Å². The number of nitrogens with one attached hydrogen (secondary N) is 2. The van der Waals surface area contributed by atoms with Crippen LogP contribution in [0.1, 0.15) is 6.92 Å². The number of anilines is 3. The van der Waals surface area contributed by atoms with E-state index < -0.39 is 0 Å². The normalized spacial score (nSPS) is 11.8. The lowest BCUT2D eigenvalue weighted by Crippen LogP contribution is -2.21. The molecule has 3 aromatic rings. The topological polar surface area (TPSA) is 103 Å². The highest BCUT2D eigenvalue weighted by atomic mass is 35.5. The van der Waals surface area contributed by atoms with E-state index in [1.165, 1.54) is 6.07 Å². The second-order valence-corrected chi connectivity index (χ2v) is 6.13. The van der Waals surface area contributed by atoms with Gasteiger partial charge in [-0.05, 0) is 37.3 Å². The zero-order valence-corrected chi connectivity index (χ0v) is 14.8. The van der Waals surface area contributed by atoms with Gasteiger partial charge in [-0.3, -0.25) is 4.98 Å². The van der Waals surface area contributed by atoms with E-state index in [9.17, 15) is 10.2 Å². The minimum Gasteiger partial charge on any atom is -0.506 e. The van der Waals surface area contributed by atoms with Crippen molar-refractivity contribution in [1.82, 2.24) is 15.0 Å². The molecule has 26 heavy (non-hydrogen) atoms. The fourth-order valence-electron chi connectivity index (χ4n) is 2.23. The first kappa shape index (κ1) is 17.9. The molecular formula is C18H18ClN5O2. The number of nitrogens with zero attached hydrogens (tertiary/aromatic N) is 3. The summed E-state index contributed by atoms with van der Waals surface area (Å²) in [5.41, 5.74) is 1.69. The molecule has 2 heterocycles. The van der Waals surface area contributed by atoms with Gasteiger partial charge in [0.1, 0.15) is 11.6 Å². The first-order chi connectivity index (χ1) is 12.5. The average molecular weight is 372 g/mol. The van der Waals surface area contributed by atoms with Gasteiger partial charge in [0.2, 0.25) is 5.95 Å². The van der Waals surface area contributed by atoms with Crippen LogP contribution in [0.5, 0.6) is 5.75 Å².